The van der Waals surface area contributed by atoms with Gasteiger partial charge in [0.25, 0.3) is 0 Å². The van der Waals surface area contributed by atoms with E-state index in [1.54, 1.807) is 13.8 Å². The maximum atomic E-state index is 13.6. The van der Waals surface area contributed by atoms with Crippen LogP contribution in [-0.2, 0) is 14.8 Å². The third-order valence-electron chi connectivity index (χ3n) is 3.82. The number of nitrogen functional groups attached to an aromatic ring is 1. The van der Waals surface area contributed by atoms with E-state index < -0.39 is 15.8 Å². The Morgan fingerprint density at radius 3 is 2.62 bits per heavy atom. The number of halogens is 1. The van der Waals surface area contributed by atoms with Crippen molar-refractivity contribution in [2.24, 2.45) is 0 Å². The van der Waals surface area contributed by atoms with Gasteiger partial charge in [-0.2, -0.15) is 4.31 Å². The van der Waals surface area contributed by atoms with Crippen molar-refractivity contribution in [3.63, 3.8) is 0 Å². The Bertz CT molecular complexity index is 661. The van der Waals surface area contributed by atoms with Gasteiger partial charge < -0.3 is 10.5 Å². The minimum atomic E-state index is -3.74. The lowest BCUT2D eigenvalue weighted by atomic mass is 10.1. The van der Waals surface area contributed by atoms with E-state index in [0.717, 1.165) is 0 Å². The van der Waals surface area contributed by atoms with Crippen LogP contribution in [-0.4, -0.2) is 38.0 Å². The summed E-state index contributed by atoms with van der Waals surface area (Å²) in [4.78, 5) is 0.0994. The van der Waals surface area contributed by atoms with Gasteiger partial charge in [0.15, 0.2) is 0 Å². The molecule has 1 heterocycles. The monoisotopic (exact) mass is 316 g/mol. The summed E-state index contributed by atoms with van der Waals surface area (Å²) in [5.41, 5.74) is 6.17. The molecule has 0 aliphatic carbocycles. The summed E-state index contributed by atoms with van der Waals surface area (Å²) in [6, 6.07) is 0.903. The van der Waals surface area contributed by atoms with Gasteiger partial charge in [-0.25, -0.2) is 12.8 Å². The second kappa shape index (κ2) is 5.55. The molecule has 21 heavy (non-hydrogen) atoms. The lowest BCUT2D eigenvalue weighted by molar-refractivity contribution is -0.0170. The predicted molar refractivity (Wildman–Crippen MR) is 79.1 cm³/mol. The van der Waals surface area contributed by atoms with Gasteiger partial charge in [0.05, 0.1) is 23.3 Å². The molecule has 0 amide bonds. The summed E-state index contributed by atoms with van der Waals surface area (Å²) in [6.07, 6.45) is -0.172. The predicted octanol–water partition coefficient (Wildman–Crippen LogP) is 1.82. The molecule has 1 fully saturated rings. The van der Waals surface area contributed by atoms with Gasteiger partial charge in [-0.05, 0) is 44.9 Å². The van der Waals surface area contributed by atoms with Gasteiger partial charge >= 0.3 is 0 Å². The Labute approximate surface area is 124 Å². The maximum Gasteiger partial charge on any atom is 0.244 e. The van der Waals surface area contributed by atoms with Gasteiger partial charge in [-0.1, -0.05) is 0 Å². The Kier molecular flexibility index (Phi) is 4.28. The molecule has 1 saturated heterocycles. The second-order valence-electron chi connectivity index (χ2n) is 5.61. The molecule has 0 aromatic heterocycles. The normalized spacial score (nSPS) is 24.2. The first-order valence-electron chi connectivity index (χ1n) is 6.85. The Balaban J connectivity index is 2.57. The first kappa shape index (κ1) is 16.2. The zero-order valence-electron chi connectivity index (χ0n) is 12.7. The van der Waals surface area contributed by atoms with Gasteiger partial charge in [-0.3, -0.25) is 0 Å². The molecule has 0 saturated carbocycles. The molecule has 1 aliphatic heterocycles. The van der Waals surface area contributed by atoms with Crippen molar-refractivity contribution in [2.45, 2.75) is 44.7 Å². The fourth-order valence-electron chi connectivity index (χ4n) is 2.65. The number of ether oxygens (including phenoxy) is 1. The highest BCUT2D eigenvalue weighted by Gasteiger charge is 2.36. The molecule has 5 nitrogen and oxygen atoms in total. The van der Waals surface area contributed by atoms with Gasteiger partial charge in [0, 0.05) is 12.6 Å². The van der Waals surface area contributed by atoms with Crippen molar-refractivity contribution in [1.29, 1.82) is 0 Å². The number of morpholine rings is 1. The van der Waals surface area contributed by atoms with Crippen LogP contribution in [0.5, 0.6) is 0 Å². The molecule has 1 aromatic rings. The zero-order chi connectivity index (χ0) is 15.9. The Morgan fingerprint density at radius 1 is 1.38 bits per heavy atom. The van der Waals surface area contributed by atoms with Crippen molar-refractivity contribution >= 4 is 15.7 Å². The first-order chi connectivity index (χ1) is 9.66. The number of sulfonamides is 1. The fourth-order valence-corrected chi connectivity index (χ4v) is 4.79. The minimum Gasteiger partial charge on any atom is -0.396 e. The van der Waals surface area contributed by atoms with Crippen LogP contribution < -0.4 is 5.73 Å². The lowest BCUT2D eigenvalue weighted by Crippen LogP contribution is -2.50. The number of hydrogen-bond acceptors (Lipinski definition) is 4. The number of benzene rings is 1. The van der Waals surface area contributed by atoms with Crippen LogP contribution in [0.2, 0.25) is 0 Å². The topological polar surface area (TPSA) is 72.6 Å². The lowest BCUT2D eigenvalue weighted by Gasteiger charge is -2.36. The van der Waals surface area contributed by atoms with Gasteiger partial charge in [0.1, 0.15) is 5.82 Å². The number of aryl methyl sites for hydroxylation is 1. The number of hydrogen-bond donors (Lipinski definition) is 1. The van der Waals surface area contributed by atoms with E-state index in [4.69, 9.17) is 10.5 Å². The Hall–Kier alpha value is -1.18. The van der Waals surface area contributed by atoms with Crippen LogP contribution in [0.1, 0.15) is 25.0 Å². The standard InChI is InChI=1S/C14H21FN2O3S/c1-8-5-12(15)13(16)11(4)14(8)21(18,19)17-6-10(3)20-7-9(17)2/h5,9-10H,6-7,16H2,1-4H3. The highest BCUT2D eigenvalue weighted by atomic mass is 32.2. The van der Waals surface area contributed by atoms with Crippen LogP contribution in [0.25, 0.3) is 0 Å². The largest absolute Gasteiger partial charge is 0.396 e. The van der Waals surface area contributed by atoms with Crippen LogP contribution in [0.15, 0.2) is 11.0 Å². The molecule has 2 N–H and O–H groups in total. The van der Waals surface area contributed by atoms with Crippen LogP contribution in [0.4, 0.5) is 10.1 Å². The molecule has 0 bridgehead atoms. The summed E-state index contributed by atoms with van der Waals surface area (Å²) >= 11 is 0. The van der Waals surface area contributed by atoms with Gasteiger partial charge in [0.2, 0.25) is 10.0 Å². The summed E-state index contributed by atoms with van der Waals surface area (Å²) in [5.74, 6) is -0.590. The number of nitrogens with two attached hydrogens (primary N) is 1. The van der Waals surface area contributed by atoms with E-state index in [2.05, 4.69) is 0 Å². The molecule has 2 rings (SSSR count). The molecule has 0 radical (unpaired) electrons. The minimum absolute atomic E-state index is 0.0994. The summed E-state index contributed by atoms with van der Waals surface area (Å²) < 4.78 is 46.4. The van der Waals surface area contributed by atoms with Crippen LogP contribution in [0, 0.1) is 19.7 Å². The molecule has 2 unspecified atom stereocenters. The van der Waals surface area contributed by atoms with Crippen molar-refractivity contribution in [3.8, 4) is 0 Å². The van der Waals surface area contributed by atoms with E-state index in [0.29, 0.717) is 12.2 Å². The van der Waals surface area contributed by atoms with Crippen LogP contribution >= 0.6 is 0 Å². The third-order valence-corrected chi connectivity index (χ3v) is 6.09. The van der Waals surface area contributed by atoms with Crippen molar-refractivity contribution in [3.05, 3.63) is 23.0 Å². The Morgan fingerprint density at radius 2 is 2.00 bits per heavy atom. The third kappa shape index (κ3) is 2.77. The number of nitrogens with zero attached hydrogens (tertiary/aromatic N) is 1. The SMILES string of the molecule is Cc1cc(F)c(N)c(C)c1S(=O)(=O)N1CC(C)OCC1C. The average molecular weight is 316 g/mol. The van der Waals surface area contributed by atoms with Crippen molar-refractivity contribution < 1.29 is 17.5 Å². The molecule has 118 valence electrons. The van der Waals surface area contributed by atoms with E-state index in [1.807, 2.05) is 6.92 Å². The number of anilines is 1. The van der Waals surface area contributed by atoms with E-state index in [-0.39, 0.29) is 34.8 Å². The summed E-state index contributed by atoms with van der Waals surface area (Å²) in [5, 5.41) is 0. The molecular weight excluding hydrogens is 295 g/mol. The average Bonchev–Trinajstić information content (AvgIpc) is 2.38. The van der Waals surface area contributed by atoms with E-state index >= 15 is 0 Å². The van der Waals surface area contributed by atoms with Crippen molar-refractivity contribution in [1.82, 2.24) is 4.31 Å². The van der Waals surface area contributed by atoms with Crippen molar-refractivity contribution in [2.75, 3.05) is 18.9 Å². The molecular formula is C14H21FN2O3S. The smallest absolute Gasteiger partial charge is 0.244 e. The fraction of sp³-hybridized carbons (Fsp3) is 0.571. The van der Waals surface area contributed by atoms with E-state index in [1.165, 1.54) is 17.3 Å². The summed E-state index contributed by atoms with van der Waals surface area (Å²) in [6.45, 7) is 7.35. The molecule has 2 atom stereocenters. The maximum absolute atomic E-state index is 13.6. The molecule has 0 spiro atoms. The van der Waals surface area contributed by atoms with E-state index in [9.17, 15) is 12.8 Å². The molecule has 1 aliphatic rings. The quantitative estimate of drug-likeness (QED) is 0.845. The zero-order valence-corrected chi connectivity index (χ0v) is 13.5. The second-order valence-corrected chi connectivity index (χ2v) is 7.44. The number of rotatable bonds is 2. The summed E-state index contributed by atoms with van der Waals surface area (Å²) in [7, 11) is -3.74. The molecule has 7 heteroatoms. The van der Waals surface area contributed by atoms with Gasteiger partial charge in [-0.15, -0.1) is 0 Å². The van der Waals surface area contributed by atoms with Crippen LogP contribution in [0.3, 0.4) is 0 Å². The first-order valence-corrected chi connectivity index (χ1v) is 8.29. The highest BCUT2D eigenvalue weighted by molar-refractivity contribution is 7.89. The molecule has 1 aromatic carbocycles. The highest BCUT2D eigenvalue weighted by Crippen LogP contribution is 2.31.